The van der Waals surface area contributed by atoms with Gasteiger partial charge in [0.05, 0.1) is 0 Å². The van der Waals surface area contributed by atoms with Crippen molar-refractivity contribution in [3.05, 3.63) is 28.2 Å². The Balaban J connectivity index is 2.16. The van der Waals surface area contributed by atoms with Gasteiger partial charge in [-0.1, -0.05) is 0 Å². The highest BCUT2D eigenvalue weighted by atomic mass is 16.2. The van der Waals surface area contributed by atoms with Gasteiger partial charge in [0.2, 0.25) is 11.8 Å². The van der Waals surface area contributed by atoms with Gasteiger partial charge >= 0.3 is 0 Å². The molecule has 2 rings (SSSR count). The molecule has 0 spiro atoms. The molecule has 0 aliphatic carbocycles. The summed E-state index contributed by atoms with van der Waals surface area (Å²) in [4.78, 5) is 35.6. The van der Waals surface area contributed by atoms with Crippen molar-refractivity contribution >= 4 is 17.5 Å². The number of piperidine rings is 1. The molecule has 2 amide bonds. The van der Waals surface area contributed by atoms with Crippen LogP contribution in [-0.2, 0) is 16.6 Å². The summed E-state index contributed by atoms with van der Waals surface area (Å²) in [6.45, 7) is 3.72. The third kappa shape index (κ3) is 3.07. The van der Waals surface area contributed by atoms with Crippen LogP contribution in [0.1, 0.15) is 25.3 Å². The van der Waals surface area contributed by atoms with E-state index in [0.29, 0.717) is 6.42 Å². The van der Waals surface area contributed by atoms with Gasteiger partial charge in [0.15, 0.2) is 0 Å². The molecule has 2 heterocycles. The summed E-state index contributed by atoms with van der Waals surface area (Å²) in [5, 5.41) is 5.42. The molecule has 0 bridgehead atoms. The summed E-state index contributed by atoms with van der Waals surface area (Å²) in [5.74, 6) is -0.778. The molecule has 2 atom stereocenters. The Labute approximate surface area is 117 Å². The topological polar surface area (TPSA) is 80.2 Å². The summed E-state index contributed by atoms with van der Waals surface area (Å²) in [7, 11) is 1.64. The van der Waals surface area contributed by atoms with Crippen molar-refractivity contribution in [3.63, 3.8) is 0 Å². The number of amides is 2. The van der Waals surface area contributed by atoms with Crippen molar-refractivity contribution in [1.82, 2.24) is 9.88 Å². The summed E-state index contributed by atoms with van der Waals surface area (Å²) in [6.07, 6.45) is 2.46. The molecular formula is C14H19N3O3. The molecule has 20 heavy (non-hydrogen) atoms. The Morgan fingerprint density at radius 2 is 2.15 bits per heavy atom. The van der Waals surface area contributed by atoms with Crippen LogP contribution >= 0.6 is 0 Å². The molecule has 2 unspecified atom stereocenters. The van der Waals surface area contributed by atoms with Crippen LogP contribution in [0.4, 0.5) is 5.69 Å². The highest BCUT2D eigenvalue weighted by molar-refractivity contribution is 5.95. The molecule has 1 aromatic rings. The number of aromatic nitrogens is 1. The van der Waals surface area contributed by atoms with E-state index in [1.54, 1.807) is 19.3 Å². The second-order valence-electron chi connectivity index (χ2n) is 5.44. The SMILES string of the molecule is Cc1cc(NC(=O)C2CC(=O)NC(C)C2)c(=O)n(C)c1. The van der Waals surface area contributed by atoms with Crippen molar-refractivity contribution < 1.29 is 9.59 Å². The minimum Gasteiger partial charge on any atom is -0.354 e. The van der Waals surface area contributed by atoms with E-state index in [-0.39, 0.29) is 41.4 Å². The lowest BCUT2D eigenvalue weighted by atomic mass is 9.92. The first-order chi connectivity index (χ1) is 9.36. The molecule has 0 saturated carbocycles. The summed E-state index contributed by atoms with van der Waals surface area (Å²) >= 11 is 0. The zero-order chi connectivity index (χ0) is 14.9. The van der Waals surface area contributed by atoms with Crippen LogP contribution in [0.3, 0.4) is 0 Å². The molecule has 1 aromatic heterocycles. The number of pyridine rings is 1. The monoisotopic (exact) mass is 277 g/mol. The molecule has 1 aliphatic heterocycles. The standard InChI is InChI=1S/C14H19N3O3/c1-8-4-11(14(20)17(3)7-8)16-13(19)10-5-9(2)15-12(18)6-10/h4,7,9-10H,5-6H2,1-3H3,(H,15,18)(H,16,19). The Bertz CT molecular complexity index is 606. The van der Waals surface area contributed by atoms with Crippen LogP contribution in [0.2, 0.25) is 0 Å². The van der Waals surface area contributed by atoms with Gasteiger partial charge in [-0.15, -0.1) is 0 Å². The van der Waals surface area contributed by atoms with E-state index in [0.717, 1.165) is 5.56 Å². The van der Waals surface area contributed by atoms with Crippen molar-refractivity contribution in [2.24, 2.45) is 13.0 Å². The van der Waals surface area contributed by atoms with Gasteiger partial charge in [-0.25, -0.2) is 0 Å². The van der Waals surface area contributed by atoms with Gasteiger partial charge in [0.1, 0.15) is 5.69 Å². The molecule has 1 fully saturated rings. The number of nitrogens with zero attached hydrogens (tertiary/aromatic N) is 1. The molecule has 1 aliphatic rings. The van der Waals surface area contributed by atoms with Gasteiger partial charge in [-0.05, 0) is 31.9 Å². The number of aryl methyl sites for hydroxylation is 2. The van der Waals surface area contributed by atoms with Gasteiger partial charge in [-0.3, -0.25) is 14.4 Å². The zero-order valence-electron chi connectivity index (χ0n) is 11.9. The first-order valence-electron chi connectivity index (χ1n) is 6.64. The maximum Gasteiger partial charge on any atom is 0.274 e. The normalized spacial score (nSPS) is 22.2. The second-order valence-corrected chi connectivity index (χ2v) is 5.44. The van der Waals surface area contributed by atoms with Crippen LogP contribution < -0.4 is 16.2 Å². The van der Waals surface area contributed by atoms with Gasteiger partial charge in [-0.2, -0.15) is 0 Å². The zero-order valence-corrected chi connectivity index (χ0v) is 11.9. The fourth-order valence-electron chi connectivity index (χ4n) is 2.53. The maximum absolute atomic E-state index is 12.2. The predicted molar refractivity (Wildman–Crippen MR) is 75.4 cm³/mol. The number of anilines is 1. The van der Waals surface area contributed by atoms with Crippen molar-refractivity contribution in [3.8, 4) is 0 Å². The van der Waals surface area contributed by atoms with E-state index >= 15 is 0 Å². The molecule has 1 saturated heterocycles. The molecule has 6 nitrogen and oxygen atoms in total. The minimum atomic E-state index is -0.385. The van der Waals surface area contributed by atoms with Crippen molar-refractivity contribution in [2.75, 3.05) is 5.32 Å². The van der Waals surface area contributed by atoms with E-state index in [2.05, 4.69) is 10.6 Å². The fourth-order valence-corrected chi connectivity index (χ4v) is 2.53. The van der Waals surface area contributed by atoms with Crippen LogP contribution in [0, 0.1) is 12.8 Å². The number of hydrogen-bond acceptors (Lipinski definition) is 3. The third-order valence-electron chi connectivity index (χ3n) is 3.43. The number of carbonyl (C=O) groups is 2. The van der Waals surface area contributed by atoms with E-state index in [4.69, 9.17) is 0 Å². The Morgan fingerprint density at radius 1 is 1.45 bits per heavy atom. The number of hydrogen-bond donors (Lipinski definition) is 2. The highest BCUT2D eigenvalue weighted by Gasteiger charge is 2.29. The second kappa shape index (κ2) is 5.48. The van der Waals surface area contributed by atoms with Crippen LogP contribution in [0.15, 0.2) is 17.1 Å². The Morgan fingerprint density at radius 3 is 2.80 bits per heavy atom. The van der Waals surface area contributed by atoms with Crippen LogP contribution in [-0.4, -0.2) is 22.4 Å². The minimum absolute atomic E-state index is 0.0210. The van der Waals surface area contributed by atoms with Gasteiger partial charge in [0, 0.05) is 31.6 Å². The molecule has 6 heteroatoms. The largest absolute Gasteiger partial charge is 0.354 e. The lowest BCUT2D eigenvalue weighted by molar-refractivity contribution is -0.130. The molecule has 2 N–H and O–H groups in total. The smallest absolute Gasteiger partial charge is 0.274 e. The van der Waals surface area contributed by atoms with Crippen molar-refractivity contribution in [2.45, 2.75) is 32.7 Å². The average Bonchev–Trinajstić information content (AvgIpc) is 2.34. The van der Waals surface area contributed by atoms with Gasteiger partial charge in [0.25, 0.3) is 5.56 Å². The van der Waals surface area contributed by atoms with Crippen molar-refractivity contribution in [1.29, 1.82) is 0 Å². The number of carbonyl (C=O) groups excluding carboxylic acids is 2. The molecule has 108 valence electrons. The maximum atomic E-state index is 12.2. The first-order valence-corrected chi connectivity index (χ1v) is 6.64. The Hall–Kier alpha value is -2.11. The molecular weight excluding hydrogens is 258 g/mol. The summed E-state index contributed by atoms with van der Waals surface area (Å²) < 4.78 is 1.43. The predicted octanol–water partition coefficient (Wildman–Crippen LogP) is 0.547. The van der Waals surface area contributed by atoms with E-state index < -0.39 is 0 Å². The molecule has 0 radical (unpaired) electrons. The van der Waals surface area contributed by atoms with Crippen LogP contribution in [0.5, 0.6) is 0 Å². The highest BCUT2D eigenvalue weighted by Crippen LogP contribution is 2.18. The summed E-state index contributed by atoms with van der Waals surface area (Å²) in [6, 6.07) is 1.62. The first kappa shape index (κ1) is 14.3. The Kier molecular flexibility index (Phi) is 3.92. The van der Waals surface area contributed by atoms with Gasteiger partial charge < -0.3 is 15.2 Å². The lowest BCUT2D eigenvalue weighted by Crippen LogP contribution is -2.44. The quantitative estimate of drug-likeness (QED) is 0.828. The fraction of sp³-hybridized carbons (Fsp3) is 0.500. The van der Waals surface area contributed by atoms with E-state index in [9.17, 15) is 14.4 Å². The lowest BCUT2D eigenvalue weighted by Gasteiger charge is -2.26. The average molecular weight is 277 g/mol. The summed E-state index contributed by atoms with van der Waals surface area (Å²) in [5.41, 5.74) is 0.894. The van der Waals surface area contributed by atoms with E-state index in [1.807, 2.05) is 13.8 Å². The van der Waals surface area contributed by atoms with E-state index in [1.165, 1.54) is 4.57 Å². The number of rotatable bonds is 2. The third-order valence-corrected chi connectivity index (χ3v) is 3.43. The van der Waals surface area contributed by atoms with Crippen LogP contribution in [0.25, 0.3) is 0 Å². The number of nitrogens with one attached hydrogen (secondary N) is 2. The molecule has 0 aromatic carbocycles.